The van der Waals surface area contributed by atoms with Crippen LogP contribution >= 0.6 is 11.8 Å². The lowest BCUT2D eigenvalue weighted by atomic mass is 9.85. The lowest BCUT2D eigenvalue weighted by Crippen LogP contribution is -2.48. The highest BCUT2D eigenvalue weighted by Gasteiger charge is 2.30. The van der Waals surface area contributed by atoms with Crippen LogP contribution in [0.5, 0.6) is 0 Å². The molecule has 6 nitrogen and oxygen atoms in total. The summed E-state index contributed by atoms with van der Waals surface area (Å²) in [6.07, 6.45) is 1.62. The zero-order chi connectivity index (χ0) is 23.7. The second-order valence-corrected chi connectivity index (χ2v) is 8.77. The molecule has 0 spiro atoms. The van der Waals surface area contributed by atoms with E-state index in [1.54, 1.807) is 24.3 Å². The van der Waals surface area contributed by atoms with Gasteiger partial charge in [-0.2, -0.15) is 0 Å². The monoisotopic (exact) mass is 455 g/mol. The van der Waals surface area contributed by atoms with Crippen LogP contribution in [0.15, 0.2) is 58.3 Å². The number of Topliss-reactive ketones (excluding diaryl/α,β-unsaturated/α-hetero) is 2. The first-order chi connectivity index (χ1) is 15.2. The van der Waals surface area contributed by atoms with Gasteiger partial charge in [0.1, 0.15) is 0 Å². The van der Waals surface area contributed by atoms with Crippen molar-refractivity contribution in [3.8, 4) is 0 Å². The minimum absolute atomic E-state index is 0.00496. The molecule has 0 unspecified atom stereocenters. The van der Waals surface area contributed by atoms with Gasteiger partial charge in [-0.25, -0.2) is 0 Å². The molecular weight excluding hydrogens is 426 g/mol. The maximum absolute atomic E-state index is 12.8. The van der Waals surface area contributed by atoms with Crippen molar-refractivity contribution in [1.82, 2.24) is 5.32 Å². The van der Waals surface area contributed by atoms with Crippen molar-refractivity contribution in [3.63, 3.8) is 0 Å². The number of rotatable bonds is 11. The lowest BCUT2D eigenvalue weighted by Gasteiger charge is -2.32. The summed E-state index contributed by atoms with van der Waals surface area (Å²) in [4.78, 5) is 49.1. The predicted molar refractivity (Wildman–Crippen MR) is 124 cm³/mol. The Labute approximate surface area is 193 Å². The van der Waals surface area contributed by atoms with E-state index in [0.717, 1.165) is 9.79 Å². The van der Waals surface area contributed by atoms with Crippen molar-refractivity contribution < 1.29 is 23.9 Å². The summed E-state index contributed by atoms with van der Waals surface area (Å²) >= 11 is 1.51. The number of hydrogen-bond donors (Lipinski definition) is 1. The summed E-state index contributed by atoms with van der Waals surface area (Å²) in [7, 11) is 0. The average molecular weight is 456 g/mol. The van der Waals surface area contributed by atoms with Crippen LogP contribution in [0.4, 0.5) is 0 Å². The number of esters is 1. The number of nitrogens with one attached hydrogen (secondary N) is 1. The highest BCUT2D eigenvalue weighted by molar-refractivity contribution is 7.99. The molecule has 0 aliphatic heterocycles. The Bertz CT molecular complexity index is 963. The number of hydrogen-bond acceptors (Lipinski definition) is 6. The molecule has 1 amide bonds. The van der Waals surface area contributed by atoms with Crippen molar-refractivity contribution in [2.75, 3.05) is 6.61 Å². The van der Waals surface area contributed by atoms with E-state index in [4.69, 9.17) is 4.74 Å². The number of carbonyl (C=O) groups is 4. The topological polar surface area (TPSA) is 89.5 Å². The van der Waals surface area contributed by atoms with Crippen LogP contribution in [-0.4, -0.2) is 35.6 Å². The first-order valence-corrected chi connectivity index (χ1v) is 11.4. The Morgan fingerprint density at radius 2 is 1.28 bits per heavy atom. The van der Waals surface area contributed by atoms with Gasteiger partial charge in [-0.1, -0.05) is 49.9 Å². The van der Waals surface area contributed by atoms with Crippen molar-refractivity contribution >= 4 is 35.2 Å². The summed E-state index contributed by atoms with van der Waals surface area (Å²) in [6, 6.07) is 14.4. The zero-order valence-electron chi connectivity index (χ0n) is 18.9. The average Bonchev–Trinajstić information content (AvgIpc) is 2.77. The van der Waals surface area contributed by atoms with E-state index in [1.165, 1.54) is 25.6 Å². The highest BCUT2D eigenvalue weighted by Crippen LogP contribution is 2.29. The van der Waals surface area contributed by atoms with Gasteiger partial charge in [0.2, 0.25) is 5.91 Å². The summed E-state index contributed by atoms with van der Waals surface area (Å²) in [5.41, 5.74) is 0.564. The number of benzene rings is 2. The largest absolute Gasteiger partial charge is 0.457 e. The van der Waals surface area contributed by atoms with Gasteiger partial charge in [-0.3, -0.25) is 19.2 Å². The molecule has 0 bridgehead atoms. The second-order valence-electron chi connectivity index (χ2n) is 7.62. The summed E-state index contributed by atoms with van der Waals surface area (Å²) in [5.74, 6) is -0.881. The third-order valence-electron chi connectivity index (χ3n) is 5.29. The van der Waals surface area contributed by atoms with Gasteiger partial charge < -0.3 is 10.1 Å². The van der Waals surface area contributed by atoms with E-state index in [-0.39, 0.29) is 30.5 Å². The molecular formula is C25H29NO5S. The summed E-state index contributed by atoms with van der Waals surface area (Å²) in [5, 5.41) is 2.95. The van der Waals surface area contributed by atoms with Crippen LogP contribution in [0.25, 0.3) is 0 Å². The SMILES string of the molecule is CCC(CC)(CC(=O)c1ccc(Sc2ccc(C(=O)COC(C)=O)cc2)cc1)NC(C)=O. The third-order valence-corrected chi connectivity index (χ3v) is 6.30. The summed E-state index contributed by atoms with van der Waals surface area (Å²) in [6.45, 7) is 6.41. The Balaban J connectivity index is 2.01. The molecule has 32 heavy (non-hydrogen) atoms. The van der Waals surface area contributed by atoms with Crippen molar-refractivity contribution in [2.24, 2.45) is 0 Å². The molecule has 0 aromatic heterocycles. The van der Waals surface area contributed by atoms with Gasteiger partial charge in [0.05, 0.1) is 0 Å². The molecule has 0 saturated heterocycles. The molecule has 0 radical (unpaired) electrons. The summed E-state index contributed by atoms with van der Waals surface area (Å²) < 4.78 is 4.74. The van der Waals surface area contributed by atoms with E-state index in [9.17, 15) is 19.2 Å². The van der Waals surface area contributed by atoms with Gasteiger partial charge in [-0.05, 0) is 37.1 Å². The minimum Gasteiger partial charge on any atom is -0.457 e. The number of amides is 1. The number of carbonyl (C=O) groups excluding carboxylic acids is 4. The van der Waals surface area contributed by atoms with Crippen LogP contribution in [-0.2, 0) is 14.3 Å². The first-order valence-electron chi connectivity index (χ1n) is 10.5. The molecule has 0 aliphatic rings. The molecule has 0 aliphatic carbocycles. The van der Waals surface area contributed by atoms with Gasteiger partial charge in [0, 0.05) is 46.7 Å². The zero-order valence-corrected chi connectivity index (χ0v) is 19.7. The molecule has 0 fully saturated rings. The third kappa shape index (κ3) is 7.34. The fourth-order valence-corrected chi connectivity index (χ4v) is 4.12. The Hall–Kier alpha value is -2.93. The molecule has 2 rings (SSSR count). The van der Waals surface area contributed by atoms with Crippen molar-refractivity contribution in [3.05, 3.63) is 59.7 Å². The van der Waals surface area contributed by atoms with Crippen LogP contribution < -0.4 is 5.32 Å². The Morgan fingerprint density at radius 3 is 1.69 bits per heavy atom. The molecule has 0 heterocycles. The van der Waals surface area contributed by atoms with E-state index in [1.807, 2.05) is 38.1 Å². The van der Waals surface area contributed by atoms with Gasteiger partial charge in [0.25, 0.3) is 0 Å². The maximum Gasteiger partial charge on any atom is 0.303 e. The quantitative estimate of drug-likeness (QED) is 0.385. The van der Waals surface area contributed by atoms with Gasteiger partial charge in [0.15, 0.2) is 18.2 Å². The normalized spacial score (nSPS) is 11.0. The predicted octanol–water partition coefficient (Wildman–Crippen LogP) is 4.85. The van der Waals surface area contributed by atoms with Crippen LogP contribution in [0, 0.1) is 0 Å². The van der Waals surface area contributed by atoms with E-state index in [2.05, 4.69) is 5.32 Å². The molecule has 1 N–H and O–H groups in total. The van der Waals surface area contributed by atoms with E-state index in [0.29, 0.717) is 24.0 Å². The van der Waals surface area contributed by atoms with Crippen molar-refractivity contribution in [2.45, 2.75) is 62.3 Å². The molecule has 2 aromatic carbocycles. The molecule has 2 aromatic rings. The number of ketones is 2. The second kappa shape index (κ2) is 11.6. The molecule has 0 atom stereocenters. The lowest BCUT2D eigenvalue weighted by molar-refractivity contribution is -0.139. The van der Waals surface area contributed by atoms with Crippen LogP contribution in [0.2, 0.25) is 0 Å². The maximum atomic E-state index is 12.8. The van der Waals surface area contributed by atoms with Crippen LogP contribution in [0.1, 0.15) is 67.7 Å². The first kappa shape index (κ1) is 25.3. The van der Waals surface area contributed by atoms with Crippen LogP contribution in [0.3, 0.4) is 0 Å². The molecule has 170 valence electrons. The van der Waals surface area contributed by atoms with E-state index < -0.39 is 11.5 Å². The smallest absolute Gasteiger partial charge is 0.303 e. The minimum atomic E-state index is -0.523. The fourth-order valence-electron chi connectivity index (χ4n) is 3.31. The Kier molecular flexibility index (Phi) is 9.20. The Morgan fingerprint density at radius 1 is 0.812 bits per heavy atom. The van der Waals surface area contributed by atoms with Gasteiger partial charge >= 0.3 is 5.97 Å². The number of ether oxygens (including phenoxy) is 1. The highest BCUT2D eigenvalue weighted by atomic mass is 32.2. The fraction of sp³-hybridized carbons (Fsp3) is 0.360. The molecule has 0 saturated carbocycles. The standard InChI is InChI=1S/C25H29NO5S/c1-5-25(6-2,26-17(3)27)15-23(29)19-7-11-21(12-8-19)32-22-13-9-20(10-14-22)24(30)16-31-18(4)28/h7-14H,5-6,15-16H2,1-4H3,(H,26,27). The molecule has 7 heteroatoms. The van der Waals surface area contributed by atoms with Gasteiger partial charge in [-0.15, -0.1) is 0 Å². The van der Waals surface area contributed by atoms with E-state index >= 15 is 0 Å². The van der Waals surface area contributed by atoms with Crippen molar-refractivity contribution in [1.29, 1.82) is 0 Å².